The molecule has 2 N–H and O–H groups in total. The van der Waals surface area contributed by atoms with Gasteiger partial charge >= 0.3 is 0 Å². The molecule has 0 unspecified atom stereocenters. The Morgan fingerprint density at radius 1 is 1.22 bits per heavy atom. The van der Waals surface area contributed by atoms with Crippen LogP contribution in [0.1, 0.15) is 11.1 Å². The number of halogens is 1. The molecule has 2 aromatic rings. The zero-order valence-electron chi connectivity index (χ0n) is 12.6. The predicted molar refractivity (Wildman–Crippen MR) is 91.8 cm³/mol. The van der Waals surface area contributed by atoms with Gasteiger partial charge in [-0.2, -0.15) is 5.26 Å². The maximum absolute atomic E-state index is 12.1. The van der Waals surface area contributed by atoms with E-state index in [0.717, 1.165) is 11.1 Å². The van der Waals surface area contributed by atoms with E-state index >= 15 is 0 Å². The van der Waals surface area contributed by atoms with Gasteiger partial charge in [0.1, 0.15) is 11.6 Å². The molecule has 0 aliphatic heterocycles. The molecule has 0 bridgehead atoms. The van der Waals surface area contributed by atoms with Crippen molar-refractivity contribution in [2.45, 2.75) is 13.5 Å². The molecule has 0 saturated heterocycles. The lowest BCUT2D eigenvalue weighted by molar-refractivity contribution is -0.112. The number of nitrogens with one attached hydrogen (secondary N) is 2. The van der Waals surface area contributed by atoms with Crippen LogP contribution >= 0.6 is 11.6 Å². The summed E-state index contributed by atoms with van der Waals surface area (Å²) in [5.41, 5.74) is 2.85. The number of rotatable bonds is 5. The van der Waals surface area contributed by atoms with Gasteiger partial charge in [-0.1, -0.05) is 35.9 Å². The van der Waals surface area contributed by atoms with Gasteiger partial charge in [-0.3, -0.25) is 4.79 Å². The van der Waals surface area contributed by atoms with E-state index in [1.807, 2.05) is 37.3 Å². The molecular formula is C18H16ClN3O. The number of aryl methyl sites for hydroxylation is 1. The molecule has 23 heavy (non-hydrogen) atoms. The van der Waals surface area contributed by atoms with E-state index in [-0.39, 0.29) is 5.57 Å². The van der Waals surface area contributed by atoms with Crippen LogP contribution in [-0.4, -0.2) is 5.91 Å². The largest absolute Gasteiger partial charge is 0.386 e. The summed E-state index contributed by atoms with van der Waals surface area (Å²) in [5.74, 6) is -0.466. The average molecular weight is 326 g/mol. The zero-order chi connectivity index (χ0) is 16.7. The molecule has 0 fully saturated rings. The Balaban J connectivity index is 1.98. The Hall–Kier alpha value is -2.77. The minimum absolute atomic E-state index is 0.00790. The number of hydrogen-bond acceptors (Lipinski definition) is 3. The highest BCUT2D eigenvalue weighted by atomic mass is 35.5. The van der Waals surface area contributed by atoms with Gasteiger partial charge in [0.25, 0.3) is 5.91 Å². The second-order valence-corrected chi connectivity index (χ2v) is 5.37. The number of carbonyl (C=O) groups excluding carboxylic acids is 1. The Labute approximate surface area is 140 Å². The van der Waals surface area contributed by atoms with Gasteiger partial charge in [0.05, 0.1) is 0 Å². The first kappa shape index (κ1) is 16.6. The summed E-state index contributed by atoms with van der Waals surface area (Å²) in [6, 6.07) is 16.5. The lowest BCUT2D eigenvalue weighted by atomic mass is 10.1. The van der Waals surface area contributed by atoms with Gasteiger partial charge in [0, 0.05) is 23.5 Å². The molecule has 116 valence electrons. The molecule has 4 nitrogen and oxygen atoms in total. The van der Waals surface area contributed by atoms with Crippen molar-refractivity contribution in [1.29, 1.82) is 5.26 Å². The van der Waals surface area contributed by atoms with Crippen LogP contribution < -0.4 is 10.6 Å². The Morgan fingerprint density at radius 2 is 1.91 bits per heavy atom. The van der Waals surface area contributed by atoms with E-state index in [2.05, 4.69) is 10.6 Å². The molecule has 2 aromatic carbocycles. The molecule has 0 atom stereocenters. The highest BCUT2D eigenvalue weighted by Gasteiger charge is 2.09. The van der Waals surface area contributed by atoms with Crippen LogP contribution in [0.2, 0.25) is 5.02 Å². The van der Waals surface area contributed by atoms with Crippen molar-refractivity contribution in [2.24, 2.45) is 0 Å². The maximum atomic E-state index is 12.1. The third-order valence-electron chi connectivity index (χ3n) is 3.27. The second-order valence-electron chi connectivity index (χ2n) is 4.94. The molecule has 0 spiro atoms. The van der Waals surface area contributed by atoms with Gasteiger partial charge in [-0.25, -0.2) is 0 Å². The second kappa shape index (κ2) is 8.02. The molecule has 0 aromatic heterocycles. The first-order valence-electron chi connectivity index (χ1n) is 7.05. The van der Waals surface area contributed by atoms with Crippen LogP contribution in [0.25, 0.3) is 0 Å². The van der Waals surface area contributed by atoms with E-state index in [4.69, 9.17) is 16.9 Å². The highest BCUT2D eigenvalue weighted by Crippen LogP contribution is 2.14. The lowest BCUT2D eigenvalue weighted by Crippen LogP contribution is -2.16. The van der Waals surface area contributed by atoms with Crippen molar-refractivity contribution >= 4 is 23.2 Å². The van der Waals surface area contributed by atoms with E-state index in [9.17, 15) is 4.79 Å². The summed E-state index contributed by atoms with van der Waals surface area (Å²) in [6.07, 6.45) is 1.43. The van der Waals surface area contributed by atoms with Crippen LogP contribution in [0.3, 0.4) is 0 Å². The Bertz CT molecular complexity index is 761. The van der Waals surface area contributed by atoms with Crippen molar-refractivity contribution < 1.29 is 4.79 Å². The number of carbonyl (C=O) groups is 1. The first-order chi connectivity index (χ1) is 11.1. The van der Waals surface area contributed by atoms with Gasteiger partial charge in [0.15, 0.2) is 0 Å². The summed E-state index contributed by atoms with van der Waals surface area (Å²) in [5, 5.41) is 15.4. The first-order valence-corrected chi connectivity index (χ1v) is 7.43. The number of nitriles is 1. The fraction of sp³-hybridized carbons (Fsp3) is 0.111. The Kier molecular flexibility index (Phi) is 5.79. The summed E-state index contributed by atoms with van der Waals surface area (Å²) >= 11 is 5.79. The van der Waals surface area contributed by atoms with E-state index in [1.54, 1.807) is 24.3 Å². The molecule has 0 radical (unpaired) electrons. The minimum atomic E-state index is -0.466. The van der Waals surface area contributed by atoms with E-state index < -0.39 is 5.91 Å². The molecule has 5 heteroatoms. The van der Waals surface area contributed by atoms with Crippen LogP contribution in [0, 0.1) is 18.3 Å². The number of amides is 1. The summed E-state index contributed by atoms with van der Waals surface area (Å²) in [6.45, 7) is 2.56. The van der Waals surface area contributed by atoms with Gasteiger partial charge < -0.3 is 10.6 Å². The van der Waals surface area contributed by atoms with Gasteiger partial charge in [-0.05, 0) is 42.3 Å². The van der Waals surface area contributed by atoms with Crippen LogP contribution in [0.15, 0.2) is 60.3 Å². The van der Waals surface area contributed by atoms with Gasteiger partial charge in [-0.15, -0.1) is 0 Å². The summed E-state index contributed by atoms with van der Waals surface area (Å²) in [4.78, 5) is 12.1. The van der Waals surface area contributed by atoms with Crippen LogP contribution in [0.4, 0.5) is 5.69 Å². The number of hydrogen-bond donors (Lipinski definition) is 2. The van der Waals surface area contributed by atoms with Crippen LogP contribution in [-0.2, 0) is 11.3 Å². The third-order valence-corrected chi connectivity index (χ3v) is 3.52. The number of benzene rings is 2. The molecule has 0 aliphatic carbocycles. The molecule has 1 amide bonds. The lowest BCUT2D eigenvalue weighted by Gasteiger charge is -2.07. The van der Waals surface area contributed by atoms with Crippen molar-refractivity contribution in [2.75, 3.05) is 5.32 Å². The van der Waals surface area contributed by atoms with Gasteiger partial charge in [0.2, 0.25) is 0 Å². The SMILES string of the molecule is Cc1ccccc1CN/C=C(/C#N)C(=O)Nc1ccc(Cl)cc1. The third kappa shape index (κ3) is 4.87. The average Bonchev–Trinajstić information content (AvgIpc) is 2.55. The Morgan fingerprint density at radius 3 is 2.57 bits per heavy atom. The highest BCUT2D eigenvalue weighted by molar-refractivity contribution is 6.30. The topological polar surface area (TPSA) is 64.9 Å². The standard InChI is InChI=1S/C18H16ClN3O/c1-13-4-2-3-5-14(13)11-21-12-15(10-20)18(23)22-17-8-6-16(19)7-9-17/h2-9,12,21H,11H2,1H3,(H,22,23)/b15-12-. The fourth-order valence-electron chi connectivity index (χ4n) is 1.95. The molecular weight excluding hydrogens is 310 g/mol. The van der Waals surface area contributed by atoms with E-state index in [1.165, 1.54) is 6.20 Å². The van der Waals surface area contributed by atoms with Crippen molar-refractivity contribution in [1.82, 2.24) is 5.32 Å². The van der Waals surface area contributed by atoms with Crippen molar-refractivity contribution in [3.63, 3.8) is 0 Å². The summed E-state index contributed by atoms with van der Waals surface area (Å²) in [7, 11) is 0. The number of anilines is 1. The summed E-state index contributed by atoms with van der Waals surface area (Å²) < 4.78 is 0. The zero-order valence-corrected chi connectivity index (χ0v) is 13.4. The van der Waals surface area contributed by atoms with Crippen molar-refractivity contribution in [3.05, 3.63) is 76.5 Å². The molecule has 0 saturated carbocycles. The quantitative estimate of drug-likeness (QED) is 0.649. The van der Waals surface area contributed by atoms with Crippen molar-refractivity contribution in [3.8, 4) is 6.07 Å². The molecule has 0 aliphatic rings. The number of nitrogens with zero attached hydrogens (tertiary/aromatic N) is 1. The smallest absolute Gasteiger partial charge is 0.267 e. The maximum Gasteiger partial charge on any atom is 0.267 e. The monoisotopic (exact) mass is 325 g/mol. The molecule has 0 heterocycles. The molecule has 2 rings (SSSR count). The minimum Gasteiger partial charge on any atom is -0.386 e. The van der Waals surface area contributed by atoms with Crippen LogP contribution in [0.5, 0.6) is 0 Å². The fourth-order valence-corrected chi connectivity index (χ4v) is 2.08. The van der Waals surface area contributed by atoms with E-state index in [0.29, 0.717) is 17.3 Å². The predicted octanol–water partition coefficient (Wildman–Crippen LogP) is 3.78. The normalized spacial score (nSPS) is 10.7.